The molecule has 0 spiro atoms. The van der Waals surface area contributed by atoms with E-state index in [1.165, 1.54) is 15.2 Å². The molecule has 5 heteroatoms. The zero-order valence-corrected chi connectivity index (χ0v) is 16.3. The van der Waals surface area contributed by atoms with Crippen molar-refractivity contribution in [2.24, 2.45) is 0 Å². The number of nitrogens with one attached hydrogen (secondary N) is 1. The predicted octanol–water partition coefficient (Wildman–Crippen LogP) is 5.49. The number of carbonyl (C=O) groups is 1. The van der Waals surface area contributed by atoms with Gasteiger partial charge in [-0.3, -0.25) is 4.98 Å². The highest BCUT2D eigenvalue weighted by Crippen LogP contribution is 2.40. The minimum atomic E-state index is 0.0872. The Kier molecular flexibility index (Phi) is 5.54. The molecule has 2 heterocycles. The van der Waals surface area contributed by atoms with Gasteiger partial charge >= 0.3 is 0 Å². The van der Waals surface area contributed by atoms with Crippen molar-refractivity contribution in [3.63, 3.8) is 0 Å². The summed E-state index contributed by atoms with van der Waals surface area (Å²) in [6, 6.07) is 12.5. The van der Waals surface area contributed by atoms with Crippen molar-refractivity contribution in [1.29, 1.82) is 0 Å². The Morgan fingerprint density at radius 3 is 2.72 bits per heavy atom. The lowest BCUT2D eigenvalue weighted by Gasteiger charge is -2.18. The molecule has 130 valence electrons. The fraction of sp³-hybridized carbons (Fsp3) is 0.300. The molecule has 0 radical (unpaired) electrons. The van der Waals surface area contributed by atoms with E-state index in [2.05, 4.69) is 48.9 Å². The summed E-state index contributed by atoms with van der Waals surface area (Å²) in [5.74, 6) is 0.847. The molecule has 0 aliphatic rings. The number of aromatic nitrogens is 2. The summed E-state index contributed by atoms with van der Waals surface area (Å²) in [5.41, 5.74) is 3.18. The zero-order valence-electron chi connectivity index (χ0n) is 14.7. The molecule has 3 rings (SSSR count). The molecule has 25 heavy (non-hydrogen) atoms. The molecule has 0 atom stereocenters. The van der Waals surface area contributed by atoms with Crippen LogP contribution in [0.25, 0.3) is 10.9 Å². The Bertz CT molecular complexity index is 867. The fourth-order valence-corrected chi connectivity index (χ4v) is 4.58. The van der Waals surface area contributed by atoms with Crippen LogP contribution in [-0.2, 0) is 17.0 Å². The second kappa shape index (κ2) is 7.67. The first-order valence-electron chi connectivity index (χ1n) is 8.26. The molecule has 0 unspecified atom stereocenters. The molecule has 0 fully saturated rings. The number of pyridine rings is 1. The number of fused-ring (bicyclic) bond motifs is 1. The van der Waals surface area contributed by atoms with E-state index >= 15 is 0 Å². The average Bonchev–Trinajstić information content (AvgIpc) is 2.90. The largest absolute Gasteiger partial charge is 0.357 e. The predicted molar refractivity (Wildman–Crippen MR) is 107 cm³/mol. The molecule has 0 bridgehead atoms. The van der Waals surface area contributed by atoms with Gasteiger partial charge in [0.25, 0.3) is 0 Å². The van der Waals surface area contributed by atoms with E-state index in [0.717, 1.165) is 28.9 Å². The van der Waals surface area contributed by atoms with Crippen LogP contribution in [0.4, 0.5) is 0 Å². The molecular formula is C20H22N2OS2. The van der Waals surface area contributed by atoms with Crippen LogP contribution in [0.5, 0.6) is 0 Å². The first-order valence-corrected chi connectivity index (χ1v) is 10.1. The van der Waals surface area contributed by atoms with Gasteiger partial charge in [0.1, 0.15) is 6.29 Å². The number of hydrogen-bond acceptors (Lipinski definition) is 4. The number of aromatic amines is 1. The lowest BCUT2D eigenvalue weighted by atomic mass is 10.2. The van der Waals surface area contributed by atoms with Crippen LogP contribution in [0.15, 0.2) is 52.4 Å². The highest BCUT2D eigenvalue weighted by Gasteiger charge is 2.19. The summed E-state index contributed by atoms with van der Waals surface area (Å²) in [6.45, 7) is 6.59. The molecule has 0 saturated carbocycles. The van der Waals surface area contributed by atoms with E-state index < -0.39 is 0 Å². The highest BCUT2D eigenvalue weighted by molar-refractivity contribution is 8.01. The molecule has 2 aromatic heterocycles. The summed E-state index contributed by atoms with van der Waals surface area (Å²) in [5, 5.41) is 1.20. The molecular weight excluding hydrogens is 348 g/mol. The summed E-state index contributed by atoms with van der Waals surface area (Å²) in [4.78, 5) is 21.3. The fourth-order valence-electron chi connectivity index (χ4n) is 2.58. The van der Waals surface area contributed by atoms with Crippen LogP contribution >= 0.6 is 23.5 Å². The number of rotatable bonds is 6. The zero-order chi connectivity index (χ0) is 17.9. The Morgan fingerprint density at radius 2 is 2.04 bits per heavy atom. The smallest absolute Gasteiger partial charge is 0.125 e. The van der Waals surface area contributed by atoms with E-state index in [1.807, 2.05) is 36.2 Å². The first-order chi connectivity index (χ1) is 12.0. The Morgan fingerprint density at radius 1 is 1.20 bits per heavy atom. The third-order valence-electron chi connectivity index (χ3n) is 3.60. The maximum absolute atomic E-state index is 11.1. The molecule has 3 nitrogen and oxygen atoms in total. The van der Waals surface area contributed by atoms with Gasteiger partial charge < -0.3 is 9.78 Å². The number of H-pyrrole nitrogens is 1. The Hall–Kier alpha value is -1.72. The summed E-state index contributed by atoms with van der Waals surface area (Å²) >= 11 is 3.60. The second-order valence-electron chi connectivity index (χ2n) is 6.84. The van der Waals surface area contributed by atoms with Crippen molar-refractivity contribution in [3.05, 3.63) is 54.0 Å². The van der Waals surface area contributed by atoms with Gasteiger partial charge in [-0.15, -0.1) is 23.5 Å². The van der Waals surface area contributed by atoms with Crippen molar-refractivity contribution < 1.29 is 4.79 Å². The second-order valence-corrected chi connectivity index (χ2v) is 9.72. The third-order valence-corrected chi connectivity index (χ3v) is 5.91. The molecule has 0 aliphatic heterocycles. The van der Waals surface area contributed by atoms with Gasteiger partial charge in [0.2, 0.25) is 0 Å². The van der Waals surface area contributed by atoms with E-state index in [9.17, 15) is 4.79 Å². The molecule has 0 amide bonds. The number of nitrogens with zero attached hydrogens (tertiary/aromatic N) is 1. The van der Waals surface area contributed by atoms with Gasteiger partial charge in [-0.2, -0.15) is 0 Å². The van der Waals surface area contributed by atoms with Crippen molar-refractivity contribution in [1.82, 2.24) is 9.97 Å². The lowest BCUT2D eigenvalue weighted by molar-refractivity contribution is -0.107. The van der Waals surface area contributed by atoms with Crippen molar-refractivity contribution in [2.45, 2.75) is 47.5 Å². The van der Waals surface area contributed by atoms with Gasteiger partial charge in [0.15, 0.2) is 0 Å². The van der Waals surface area contributed by atoms with Gasteiger partial charge in [0.05, 0.1) is 5.69 Å². The van der Waals surface area contributed by atoms with Crippen molar-refractivity contribution in [3.8, 4) is 0 Å². The minimum absolute atomic E-state index is 0.0872. The maximum Gasteiger partial charge on any atom is 0.125 e. The monoisotopic (exact) mass is 370 g/mol. The third kappa shape index (κ3) is 4.67. The van der Waals surface area contributed by atoms with E-state index in [-0.39, 0.29) is 4.75 Å². The van der Waals surface area contributed by atoms with Crippen LogP contribution in [0, 0.1) is 0 Å². The number of hydrogen-bond donors (Lipinski definition) is 1. The molecule has 0 saturated heterocycles. The number of carbonyl (C=O) groups excluding carboxylic acids is 1. The molecule has 0 aliphatic carbocycles. The van der Waals surface area contributed by atoms with E-state index in [4.69, 9.17) is 0 Å². The quantitative estimate of drug-likeness (QED) is 0.460. The van der Waals surface area contributed by atoms with Crippen LogP contribution in [0.1, 0.15) is 32.2 Å². The first kappa shape index (κ1) is 18.1. The number of aldehydes is 1. The number of benzene rings is 1. The number of thioether (sulfide) groups is 2. The minimum Gasteiger partial charge on any atom is -0.357 e. The van der Waals surface area contributed by atoms with Crippen molar-refractivity contribution in [2.75, 3.05) is 0 Å². The van der Waals surface area contributed by atoms with Crippen molar-refractivity contribution >= 4 is 40.7 Å². The molecule has 1 N–H and O–H groups in total. The van der Waals surface area contributed by atoms with Gasteiger partial charge in [0, 0.05) is 49.5 Å². The maximum atomic E-state index is 11.1. The lowest BCUT2D eigenvalue weighted by Crippen LogP contribution is -2.07. The Labute approximate surface area is 157 Å². The van der Waals surface area contributed by atoms with Crippen LogP contribution < -0.4 is 0 Å². The standard InChI is InChI=1S/C20H22N2OS2/c1-20(2,3)25-19-16-12-15(24-13-14-6-4-5-10-21-14)7-8-17(16)22-18(19)9-11-23/h4-8,10-12,22H,9,13H2,1-3H3. The van der Waals surface area contributed by atoms with Crippen LogP contribution in [-0.4, -0.2) is 21.0 Å². The van der Waals surface area contributed by atoms with Crippen LogP contribution in [0.2, 0.25) is 0 Å². The van der Waals surface area contributed by atoms with E-state index in [1.54, 1.807) is 11.8 Å². The Balaban J connectivity index is 1.91. The van der Waals surface area contributed by atoms with Crippen LogP contribution in [0.3, 0.4) is 0 Å². The van der Waals surface area contributed by atoms with Gasteiger partial charge in [-0.1, -0.05) is 26.8 Å². The SMILES string of the molecule is CC(C)(C)Sc1c(CC=O)[nH]c2ccc(SCc3ccccn3)cc12. The van der Waals surface area contributed by atoms with Gasteiger partial charge in [-0.05, 0) is 30.3 Å². The summed E-state index contributed by atoms with van der Waals surface area (Å²) < 4.78 is 0.0872. The average molecular weight is 371 g/mol. The van der Waals surface area contributed by atoms with E-state index in [0.29, 0.717) is 6.42 Å². The summed E-state index contributed by atoms with van der Waals surface area (Å²) in [6.07, 6.45) is 3.21. The highest BCUT2D eigenvalue weighted by atomic mass is 32.2. The topological polar surface area (TPSA) is 45.8 Å². The summed E-state index contributed by atoms with van der Waals surface area (Å²) in [7, 11) is 0. The molecule has 3 aromatic rings. The van der Waals surface area contributed by atoms with Gasteiger partial charge in [-0.25, -0.2) is 0 Å². The molecule has 1 aromatic carbocycles. The normalized spacial score (nSPS) is 11.8.